The molecule has 2 aromatic heterocycles. The number of urea groups is 1. The molecule has 0 fully saturated rings. The smallest absolute Gasteiger partial charge is 0.323 e. The van der Waals surface area contributed by atoms with Gasteiger partial charge in [-0.15, -0.1) is 0 Å². The summed E-state index contributed by atoms with van der Waals surface area (Å²) < 4.78 is 11.9. The highest BCUT2D eigenvalue weighted by Crippen LogP contribution is 2.29. The molecule has 0 aliphatic heterocycles. The van der Waals surface area contributed by atoms with E-state index in [4.69, 9.17) is 9.47 Å². The molecule has 0 saturated heterocycles. The van der Waals surface area contributed by atoms with Gasteiger partial charge in [0.2, 0.25) is 0 Å². The standard InChI is InChI=1S/C23H20N4O4/c1-30-19-9-8-18(14-20(19)31-2)26-23(29)25-17-7-3-5-16(13-17)22(28)27-12-10-15-6-4-11-24-21(15)27/h3-14H,1-2H3,(H2,25,26,29). The van der Waals surface area contributed by atoms with E-state index in [1.165, 1.54) is 11.7 Å². The Bertz CT molecular complexity index is 1270. The zero-order valence-corrected chi connectivity index (χ0v) is 17.0. The van der Waals surface area contributed by atoms with Crippen LogP contribution in [0, 0.1) is 0 Å². The van der Waals surface area contributed by atoms with Crippen molar-refractivity contribution >= 4 is 34.3 Å². The molecular weight excluding hydrogens is 396 g/mol. The molecule has 2 heterocycles. The van der Waals surface area contributed by atoms with Crippen molar-refractivity contribution in [2.75, 3.05) is 24.9 Å². The first-order valence-electron chi connectivity index (χ1n) is 9.46. The summed E-state index contributed by atoms with van der Waals surface area (Å²) in [7, 11) is 3.06. The van der Waals surface area contributed by atoms with Gasteiger partial charge < -0.3 is 20.1 Å². The molecule has 0 atom stereocenters. The monoisotopic (exact) mass is 416 g/mol. The van der Waals surface area contributed by atoms with Crippen LogP contribution in [0.25, 0.3) is 11.0 Å². The van der Waals surface area contributed by atoms with Gasteiger partial charge in [0.15, 0.2) is 11.5 Å². The lowest BCUT2D eigenvalue weighted by Gasteiger charge is -2.12. The van der Waals surface area contributed by atoms with Gasteiger partial charge in [-0.25, -0.2) is 9.78 Å². The Morgan fingerprint density at radius 1 is 0.871 bits per heavy atom. The van der Waals surface area contributed by atoms with Gasteiger partial charge in [0.25, 0.3) is 5.91 Å². The zero-order valence-electron chi connectivity index (χ0n) is 17.0. The Morgan fingerprint density at radius 2 is 1.65 bits per heavy atom. The molecule has 8 heteroatoms. The van der Waals surface area contributed by atoms with Crippen molar-refractivity contribution in [3.8, 4) is 11.5 Å². The molecule has 2 N–H and O–H groups in total. The van der Waals surface area contributed by atoms with Crippen molar-refractivity contribution in [1.82, 2.24) is 9.55 Å². The second-order valence-electron chi connectivity index (χ2n) is 6.64. The van der Waals surface area contributed by atoms with E-state index in [2.05, 4.69) is 15.6 Å². The second kappa shape index (κ2) is 8.58. The number of nitrogens with zero attached hydrogens (tertiary/aromatic N) is 2. The predicted octanol–water partition coefficient (Wildman–Crippen LogP) is 4.39. The molecule has 4 aromatic rings. The highest BCUT2D eigenvalue weighted by molar-refractivity contribution is 6.04. The van der Waals surface area contributed by atoms with Crippen LogP contribution in [0.4, 0.5) is 16.2 Å². The van der Waals surface area contributed by atoms with Crippen LogP contribution in [-0.4, -0.2) is 35.7 Å². The minimum atomic E-state index is -0.454. The van der Waals surface area contributed by atoms with Crippen LogP contribution in [0.5, 0.6) is 11.5 Å². The number of pyridine rings is 1. The highest BCUT2D eigenvalue weighted by atomic mass is 16.5. The van der Waals surface area contributed by atoms with E-state index in [1.54, 1.807) is 62.0 Å². The van der Waals surface area contributed by atoms with Gasteiger partial charge in [-0.2, -0.15) is 0 Å². The Kier molecular flexibility index (Phi) is 5.53. The SMILES string of the molecule is COc1ccc(NC(=O)Nc2cccc(C(=O)n3ccc4cccnc43)c2)cc1OC. The summed E-state index contributed by atoms with van der Waals surface area (Å²) in [6.45, 7) is 0. The fourth-order valence-corrected chi connectivity index (χ4v) is 3.21. The molecule has 4 rings (SSSR count). The molecule has 156 valence electrons. The zero-order chi connectivity index (χ0) is 21.8. The lowest BCUT2D eigenvalue weighted by atomic mass is 10.2. The van der Waals surface area contributed by atoms with E-state index < -0.39 is 6.03 Å². The number of ether oxygens (including phenoxy) is 2. The van der Waals surface area contributed by atoms with Crippen LogP contribution in [-0.2, 0) is 0 Å². The highest BCUT2D eigenvalue weighted by Gasteiger charge is 2.13. The third-order valence-corrected chi connectivity index (χ3v) is 4.68. The van der Waals surface area contributed by atoms with Gasteiger partial charge in [-0.3, -0.25) is 9.36 Å². The van der Waals surface area contributed by atoms with E-state index in [0.29, 0.717) is 34.1 Å². The number of benzene rings is 2. The van der Waals surface area contributed by atoms with E-state index >= 15 is 0 Å². The van der Waals surface area contributed by atoms with Crippen LogP contribution in [0.1, 0.15) is 10.4 Å². The fourth-order valence-electron chi connectivity index (χ4n) is 3.21. The number of anilines is 2. The van der Waals surface area contributed by atoms with Crippen LogP contribution < -0.4 is 20.1 Å². The minimum Gasteiger partial charge on any atom is -0.493 e. The van der Waals surface area contributed by atoms with Crippen LogP contribution in [0.2, 0.25) is 0 Å². The molecule has 2 aromatic carbocycles. The number of methoxy groups -OCH3 is 2. The molecule has 0 aliphatic carbocycles. The summed E-state index contributed by atoms with van der Waals surface area (Å²) in [5, 5.41) is 6.34. The quantitative estimate of drug-likeness (QED) is 0.503. The second-order valence-corrected chi connectivity index (χ2v) is 6.64. The first kappa shape index (κ1) is 20.0. The molecule has 2 amide bonds. The fraction of sp³-hybridized carbons (Fsp3) is 0.0870. The average Bonchev–Trinajstić information content (AvgIpc) is 3.22. The number of amides is 2. The van der Waals surface area contributed by atoms with Crippen LogP contribution in [0.15, 0.2) is 73.1 Å². The summed E-state index contributed by atoms with van der Waals surface area (Å²) in [6, 6.07) is 16.9. The van der Waals surface area contributed by atoms with Gasteiger partial charge in [0, 0.05) is 40.8 Å². The van der Waals surface area contributed by atoms with Gasteiger partial charge in [0.1, 0.15) is 5.65 Å². The lowest BCUT2D eigenvalue weighted by molar-refractivity contribution is 0.0964. The molecule has 0 unspecified atom stereocenters. The van der Waals surface area contributed by atoms with E-state index in [1.807, 2.05) is 18.2 Å². The van der Waals surface area contributed by atoms with Crippen molar-refractivity contribution in [3.63, 3.8) is 0 Å². The molecule has 0 radical (unpaired) electrons. The Balaban J connectivity index is 1.49. The van der Waals surface area contributed by atoms with E-state index in [9.17, 15) is 9.59 Å². The van der Waals surface area contributed by atoms with Gasteiger partial charge in [-0.05, 0) is 48.5 Å². The summed E-state index contributed by atoms with van der Waals surface area (Å²) in [6.07, 6.45) is 3.33. The first-order valence-corrected chi connectivity index (χ1v) is 9.46. The van der Waals surface area contributed by atoms with Gasteiger partial charge in [0.05, 0.1) is 14.2 Å². The Labute approximate surface area is 178 Å². The van der Waals surface area contributed by atoms with Crippen molar-refractivity contribution < 1.29 is 19.1 Å². The number of aromatic nitrogens is 2. The maximum atomic E-state index is 13.0. The maximum absolute atomic E-state index is 13.0. The largest absolute Gasteiger partial charge is 0.493 e. The van der Waals surface area contributed by atoms with Crippen molar-refractivity contribution in [1.29, 1.82) is 0 Å². The van der Waals surface area contributed by atoms with E-state index in [0.717, 1.165) is 5.39 Å². The summed E-state index contributed by atoms with van der Waals surface area (Å²) in [5.74, 6) is 0.824. The first-order chi connectivity index (χ1) is 15.1. The normalized spacial score (nSPS) is 10.5. The lowest BCUT2D eigenvalue weighted by Crippen LogP contribution is -2.20. The maximum Gasteiger partial charge on any atom is 0.323 e. The molecule has 8 nitrogen and oxygen atoms in total. The number of fused-ring (bicyclic) bond motifs is 1. The number of nitrogens with one attached hydrogen (secondary N) is 2. The molecule has 0 spiro atoms. The molecule has 0 saturated carbocycles. The Hall–Kier alpha value is -4.33. The molecule has 0 aliphatic rings. The van der Waals surface area contributed by atoms with Crippen molar-refractivity contribution in [3.05, 3.63) is 78.6 Å². The molecule has 0 bridgehead atoms. The number of hydrogen-bond acceptors (Lipinski definition) is 5. The average molecular weight is 416 g/mol. The van der Waals surface area contributed by atoms with Crippen molar-refractivity contribution in [2.45, 2.75) is 0 Å². The number of rotatable bonds is 5. The summed E-state index contributed by atoms with van der Waals surface area (Å²) in [4.78, 5) is 29.7. The predicted molar refractivity (Wildman–Crippen MR) is 118 cm³/mol. The number of carbonyl (C=O) groups is 2. The molecule has 31 heavy (non-hydrogen) atoms. The van der Waals surface area contributed by atoms with Crippen molar-refractivity contribution in [2.24, 2.45) is 0 Å². The van der Waals surface area contributed by atoms with Gasteiger partial charge >= 0.3 is 6.03 Å². The minimum absolute atomic E-state index is 0.238. The number of carbonyl (C=O) groups excluding carboxylic acids is 2. The number of hydrogen-bond donors (Lipinski definition) is 2. The summed E-state index contributed by atoms with van der Waals surface area (Å²) in [5.41, 5.74) is 2.02. The third-order valence-electron chi connectivity index (χ3n) is 4.68. The van der Waals surface area contributed by atoms with Gasteiger partial charge in [-0.1, -0.05) is 6.07 Å². The van der Waals surface area contributed by atoms with Crippen LogP contribution in [0.3, 0.4) is 0 Å². The topological polar surface area (TPSA) is 94.5 Å². The van der Waals surface area contributed by atoms with E-state index in [-0.39, 0.29) is 5.91 Å². The summed E-state index contributed by atoms with van der Waals surface area (Å²) >= 11 is 0. The Morgan fingerprint density at radius 3 is 2.42 bits per heavy atom. The van der Waals surface area contributed by atoms with Crippen LogP contribution >= 0.6 is 0 Å². The molecular formula is C23H20N4O4. The third kappa shape index (κ3) is 4.18.